The highest BCUT2D eigenvalue weighted by Crippen LogP contribution is 2.19. The van der Waals surface area contributed by atoms with Gasteiger partial charge in [-0.2, -0.15) is 0 Å². The van der Waals surface area contributed by atoms with Crippen molar-refractivity contribution < 1.29 is 14.3 Å². The van der Waals surface area contributed by atoms with Crippen LogP contribution in [0.2, 0.25) is 5.02 Å². The number of ketones is 1. The Kier molecular flexibility index (Phi) is 4.96. The molecule has 0 saturated carbocycles. The Morgan fingerprint density at radius 2 is 2.12 bits per heavy atom. The van der Waals surface area contributed by atoms with Gasteiger partial charge in [-0.05, 0) is 25.1 Å². The zero-order chi connectivity index (χ0) is 12.1. The molecule has 0 amide bonds. The summed E-state index contributed by atoms with van der Waals surface area (Å²) in [6.45, 7) is 1.98. The second-order valence-electron chi connectivity index (χ2n) is 2.97. The maximum Gasteiger partial charge on any atom is 0.339 e. The Morgan fingerprint density at radius 1 is 1.44 bits per heavy atom. The molecule has 0 radical (unpaired) electrons. The van der Waals surface area contributed by atoms with Crippen molar-refractivity contribution in [2.24, 2.45) is 0 Å². The van der Waals surface area contributed by atoms with Gasteiger partial charge in [-0.25, -0.2) is 4.79 Å². The topological polar surface area (TPSA) is 43.4 Å². The number of hydrogen-bond acceptors (Lipinski definition) is 3. The standard InChI is InChI=1S/C11H10BrClO3/c1-2-16-11(15)8-5-7(10(14)6-12)3-4-9(8)13/h3-5H,2,6H2,1H3. The summed E-state index contributed by atoms with van der Waals surface area (Å²) in [7, 11) is 0. The molecule has 0 spiro atoms. The van der Waals surface area contributed by atoms with Crippen LogP contribution in [0.15, 0.2) is 18.2 Å². The van der Waals surface area contributed by atoms with Crippen LogP contribution in [-0.4, -0.2) is 23.7 Å². The van der Waals surface area contributed by atoms with Gasteiger partial charge in [0.05, 0.1) is 22.5 Å². The number of esters is 1. The van der Waals surface area contributed by atoms with E-state index in [-0.39, 0.29) is 28.3 Å². The Labute approximate surface area is 107 Å². The van der Waals surface area contributed by atoms with Crippen LogP contribution in [0.5, 0.6) is 0 Å². The van der Waals surface area contributed by atoms with Crippen molar-refractivity contribution in [1.29, 1.82) is 0 Å². The number of halogens is 2. The van der Waals surface area contributed by atoms with Crippen LogP contribution in [0, 0.1) is 0 Å². The van der Waals surface area contributed by atoms with E-state index >= 15 is 0 Å². The van der Waals surface area contributed by atoms with Crippen molar-refractivity contribution in [2.75, 3.05) is 11.9 Å². The molecule has 5 heteroatoms. The van der Waals surface area contributed by atoms with Crippen molar-refractivity contribution in [1.82, 2.24) is 0 Å². The molecule has 0 aliphatic heterocycles. The van der Waals surface area contributed by atoms with E-state index in [4.69, 9.17) is 16.3 Å². The fourth-order valence-corrected chi connectivity index (χ4v) is 1.66. The van der Waals surface area contributed by atoms with Gasteiger partial charge in [0, 0.05) is 5.56 Å². The molecule has 0 aromatic heterocycles. The fraction of sp³-hybridized carbons (Fsp3) is 0.273. The summed E-state index contributed by atoms with van der Waals surface area (Å²) in [5.74, 6) is -0.626. The van der Waals surface area contributed by atoms with Crippen molar-refractivity contribution in [3.05, 3.63) is 34.3 Å². The highest BCUT2D eigenvalue weighted by molar-refractivity contribution is 9.09. The molecule has 1 aromatic rings. The Balaban J connectivity index is 3.08. The SMILES string of the molecule is CCOC(=O)c1cc(C(=O)CBr)ccc1Cl. The molecule has 86 valence electrons. The maximum absolute atomic E-state index is 11.5. The van der Waals surface area contributed by atoms with E-state index in [9.17, 15) is 9.59 Å². The summed E-state index contributed by atoms with van der Waals surface area (Å²) >= 11 is 8.91. The molecule has 0 atom stereocenters. The van der Waals surface area contributed by atoms with E-state index in [2.05, 4.69) is 15.9 Å². The molecule has 0 saturated heterocycles. The molecule has 3 nitrogen and oxygen atoms in total. The Hall–Kier alpha value is -0.870. The summed E-state index contributed by atoms with van der Waals surface area (Å²) < 4.78 is 4.83. The molecular formula is C11H10BrClO3. The highest BCUT2D eigenvalue weighted by Gasteiger charge is 2.14. The average molecular weight is 306 g/mol. The smallest absolute Gasteiger partial charge is 0.339 e. The Morgan fingerprint density at radius 3 is 2.69 bits per heavy atom. The summed E-state index contributed by atoms with van der Waals surface area (Å²) in [5, 5.41) is 0.487. The van der Waals surface area contributed by atoms with Gasteiger partial charge in [-0.3, -0.25) is 4.79 Å². The van der Waals surface area contributed by atoms with Gasteiger partial charge >= 0.3 is 5.97 Å². The molecule has 1 rings (SSSR count). The zero-order valence-electron chi connectivity index (χ0n) is 8.63. The van der Waals surface area contributed by atoms with Crippen LogP contribution in [0.25, 0.3) is 0 Å². The minimum absolute atomic E-state index is 0.109. The maximum atomic E-state index is 11.5. The third-order valence-corrected chi connectivity index (χ3v) is 2.74. The van der Waals surface area contributed by atoms with E-state index in [1.54, 1.807) is 13.0 Å². The number of rotatable bonds is 4. The first-order valence-electron chi connectivity index (χ1n) is 4.66. The third-order valence-electron chi connectivity index (χ3n) is 1.91. The van der Waals surface area contributed by atoms with E-state index in [1.165, 1.54) is 12.1 Å². The molecular weight excluding hydrogens is 295 g/mol. The van der Waals surface area contributed by atoms with Crippen LogP contribution in [-0.2, 0) is 4.74 Å². The molecule has 0 bridgehead atoms. The minimum Gasteiger partial charge on any atom is -0.462 e. The number of carbonyl (C=O) groups excluding carboxylic acids is 2. The van der Waals surface area contributed by atoms with E-state index in [0.29, 0.717) is 5.56 Å². The second kappa shape index (κ2) is 6.01. The highest BCUT2D eigenvalue weighted by atomic mass is 79.9. The Bertz CT molecular complexity index is 418. The number of hydrogen-bond donors (Lipinski definition) is 0. The van der Waals surface area contributed by atoms with Gasteiger partial charge in [0.2, 0.25) is 0 Å². The van der Waals surface area contributed by atoms with Gasteiger partial charge in [-0.15, -0.1) is 0 Å². The number of Topliss-reactive ketones (excluding diaryl/α,β-unsaturated/α-hetero) is 1. The summed E-state index contributed by atoms with van der Waals surface area (Å²) in [4.78, 5) is 22.9. The number of benzene rings is 1. The molecule has 0 fully saturated rings. The lowest BCUT2D eigenvalue weighted by Gasteiger charge is -2.05. The van der Waals surface area contributed by atoms with Crippen molar-refractivity contribution >= 4 is 39.3 Å². The van der Waals surface area contributed by atoms with Gasteiger partial charge in [0.1, 0.15) is 0 Å². The predicted octanol–water partition coefficient (Wildman–Crippen LogP) is 3.09. The molecule has 0 aliphatic rings. The molecule has 16 heavy (non-hydrogen) atoms. The van der Waals surface area contributed by atoms with Crippen LogP contribution in [0.1, 0.15) is 27.6 Å². The lowest BCUT2D eigenvalue weighted by molar-refractivity contribution is 0.0526. The van der Waals surface area contributed by atoms with Crippen LogP contribution in [0.3, 0.4) is 0 Å². The minimum atomic E-state index is -0.517. The van der Waals surface area contributed by atoms with E-state index in [0.717, 1.165) is 0 Å². The van der Waals surface area contributed by atoms with Crippen LogP contribution >= 0.6 is 27.5 Å². The number of alkyl halides is 1. The number of carbonyl (C=O) groups is 2. The molecule has 0 aliphatic carbocycles. The normalized spacial score (nSPS) is 9.94. The van der Waals surface area contributed by atoms with E-state index < -0.39 is 5.97 Å². The van der Waals surface area contributed by atoms with E-state index in [1.807, 2.05) is 0 Å². The third kappa shape index (κ3) is 3.06. The predicted molar refractivity (Wildman–Crippen MR) is 65.5 cm³/mol. The summed E-state index contributed by atoms with van der Waals surface area (Å²) in [6, 6.07) is 4.54. The summed E-state index contributed by atoms with van der Waals surface area (Å²) in [6.07, 6.45) is 0. The second-order valence-corrected chi connectivity index (χ2v) is 3.94. The lowest BCUT2D eigenvalue weighted by atomic mass is 10.1. The van der Waals surface area contributed by atoms with Crippen LogP contribution in [0.4, 0.5) is 0 Å². The fourth-order valence-electron chi connectivity index (χ4n) is 1.14. The lowest BCUT2D eigenvalue weighted by Crippen LogP contribution is -2.08. The quantitative estimate of drug-likeness (QED) is 0.488. The van der Waals surface area contributed by atoms with Gasteiger partial charge in [-0.1, -0.05) is 27.5 Å². The van der Waals surface area contributed by atoms with Gasteiger partial charge in [0.15, 0.2) is 5.78 Å². The van der Waals surface area contributed by atoms with Gasteiger partial charge in [0.25, 0.3) is 0 Å². The van der Waals surface area contributed by atoms with Crippen molar-refractivity contribution in [2.45, 2.75) is 6.92 Å². The van der Waals surface area contributed by atoms with Crippen molar-refractivity contribution in [3.8, 4) is 0 Å². The molecule has 0 heterocycles. The van der Waals surface area contributed by atoms with Crippen LogP contribution < -0.4 is 0 Å². The number of ether oxygens (including phenoxy) is 1. The monoisotopic (exact) mass is 304 g/mol. The average Bonchev–Trinajstić information content (AvgIpc) is 2.29. The first-order chi connectivity index (χ1) is 7.60. The first-order valence-corrected chi connectivity index (χ1v) is 6.16. The molecule has 0 unspecified atom stereocenters. The first kappa shape index (κ1) is 13.2. The largest absolute Gasteiger partial charge is 0.462 e. The van der Waals surface area contributed by atoms with Crippen molar-refractivity contribution in [3.63, 3.8) is 0 Å². The molecule has 0 N–H and O–H groups in total. The molecule has 1 aromatic carbocycles. The summed E-state index contributed by atoms with van der Waals surface area (Å²) in [5.41, 5.74) is 0.652. The van der Waals surface area contributed by atoms with Gasteiger partial charge < -0.3 is 4.74 Å². The zero-order valence-corrected chi connectivity index (χ0v) is 11.0.